The number of ether oxygens (including phenoxy) is 1. The van der Waals surface area contributed by atoms with Crippen molar-refractivity contribution in [1.29, 1.82) is 0 Å². The molecule has 0 aromatic heterocycles. The molecule has 1 atom stereocenters. The monoisotopic (exact) mass is 496 g/mol. The van der Waals surface area contributed by atoms with Crippen LogP contribution in [0.5, 0.6) is 0 Å². The Kier molecular flexibility index (Phi) is 9.83. The van der Waals surface area contributed by atoms with Gasteiger partial charge in [0, 0.05) is 25.7 Å². The van der Waals surface area contributed by atoms with E-state index in [2.05, 4.69) is 20.3 Å². The van der Waals surface area contributed by atoms with Crippen LogP contribution in [0.4, 0.5) is 0 Å². The fourth-order valence-electron chi connectivity index (χ4n) is 2.28. The third-order valence-electron chi connectivity index (χ3n) is 3.70. The summed E-state index contributed by atoms with van der Waals surface area (Å²) < 4.78 is 32.1. The highest BCUT2D eigenvalue weighted by Crippen LogP contribution is 2.22. The number of sulfonamides is 1. The summed E-state index contributed by atoms with van der Waals surface area (Å²) in [4.78, 5) is 4.83. The van der Waals surface area contributed by atoms with Crippen molar-refractivity contribution >= 4 is 40.0 Å². The molecule has 0 aliphatic heterocycles. The van der Waals surface area contributed by atoms with Crippen LogP contribution in [0.2, 0.25) is 0 Å². The number of hydrogen-bond donors (Lipinski definition) is 3. The first kappa shape index (κ1) is 23.1. The Hall–Kier alpha value is -0.910. The Morgan fingerprint density at radius 3 is 2.50 bits per heavy atom. The SMILES string of the molecule is CCNC(=NCc1ccc(S(=O)(=O)NC2CC2)cc1)NC(C)COC.I. The van der Waals surface area contributed by atoms with Crippen molar-refractivity contribution < 1.29 is 13.2 Å². The van der Waals surface area contributed by atoms with Crippen LogP contribution >= 0.6 is 24.0 Å². The van der Waals surface area contributed by atoms with Crippen molar-refractivity contribution in [2.75, 3.05) is 20.3 Å². The molecule has 0 heterocycles. The van der Waals surface area contributed by atoms with Gasteiger partial charge in [0.25, 0.3) is 0 Å². The van der Waals surface area contributed by atoms with Gasteiger partial charge in [-0.3, -0.25) is 0 Å². The van der Waals surface area contributed by atoms with Crippen LogP contribution in [0.1, 0.15) is 32.3 Å². The molecule has 26 heavy (non-hydrogen) atoms. The van der Waals surface area contributed by atoms with Crippen LogP contribution in [0.25, 0.3) is 0 Å². The third-order valence-corrected chi connectivity index (χ3v) is 5.23. The summed E-state index contributed by atoms with van der Waals surface area (Å²) in [6.45, 7) is 5.83. The maximum Gasteiger partial charge on any atom is 0.240 e. The fourth-order valence-corrected chi connectivity index (χ4v) is 3.58. The molecule has 1 aromatic rings. The summed E-state index contributed by atoms with van der Waals surface area (Å²) >= 11 is 0. The van der Waals surface area contributed by atoms with Gasteiger partial charge in [0.05, 0.1) is 18.0 Å². The number of aliphatic imine (C=N–C) groups is 1. The normalized spacial score (nSPS) is 15.9. The number of rotatable bonds is 9. The zero-order valence-electron chi connectivity index (χ0n) is 15.5. The molecule has 1 aromatic carbocycles. The average Bonchev–Trinajstić information content (AvgIpc) is 3.37. The van der Waals surface area contributed by atoms with E-state index in [1.165, 1.54) is 0 Å². The molecular weight excluding hydrogens is 467 g/mol. The number of benzene rings is 1. The lowest BCUT2D eigenvalue weighted by atomic mass is 10.2. The van der Waals surface area contributed by atoms with Crippen molar-refractivity contribution in [1.82, 2.24) is 15.4 Å². The van der Waals surface area contributed by atoms with Crippen LogP contribution in [-0.2, 0) is 21.3 Å². The van der Waals surface area contributed by atoms with Gasteiger partial charge in [-0.1, -0.05) is 12.1 Å². The maximum atomic E-state index is 12.2. The van der Waals surface area contributed by atoms with Gasteiger partial charge in [-0.2, -0.15) is 0 Å². The molecule has 0 bridgehead atoms. The molecule has 2 rings (SSSR count). The van der Waals surface area contributed by atoms with E-state index < -0.39 is 10.0 Å². The summed E-state index contributed by atoms with van der Waals surface area (Å²) in [6, 6.07) is 7.11. The lowest BCUT2D eigenvalue weighted by Crippen LogP contribution is -2.43. The molecule has 1 aliphatic carbocycles. The Balaban J connectivity index is 0.00000338. The van der Waals surface area contributed by atoms with Gasteiger partial charge in [-0.25, -0.2) is 18.1 Å². The van der Waals surface area contributed by atoms with E-state index in [4.69, 9.17) is 4.74 Å². The molecular formula is C17H29IN4O3S. The molecule has 1 unspecified atom stereocenters. The fraction of sp³-hybridized carbons (Fsp3) is 0.588. The van der Waals surface area contributed by atoms with E-state index in [9.17, 15) is 8.42 Å². The zero-order chi connectivity index (χ0) is 18.3. The van der Waals surface area contributed by atoms with Gasteiger partial charge >= 0.3 is 0 Å². The molecule has 7 nitrogen and oxygen atoms in total. The van der Waals surface area contributed by atoms with Gasteiger partial charge in [0.1, 0.15) is 0 Å². The molecule has 0 saturated heterocycles. The minimum absolute atomic E-state index is 0. The van der Waals surface area contributed by atoms with Gasteiger partial charge in [-0.15, -0.1) is 24.0 Å². The Bertz CT molecular complexity index is 676. The number of nitrogens with one attached hydrogen (secondary N) is 3. The number of methoxy groups -OCH3 is 1. The first-order valence-electron chi connectivity index (χ1n) is 8.59. The highest BCUT2D eigenvalue weighted by atomic mass is 127. The summed E-state index contributed by atoms with van der Waals surface area (Å²) in [5.74, 6) is 0.708. The predicted molar refractivity (Wildman–Crippen MR) is 114 cm³/mol. The van der Waals surface area contributed by atoms with Crippen molar-refractivity contribution in [3.8, 4) is 0 Å². The number of halogens is 1. The number of guanidine groups is 1. The van der Waals surface area contributed by atoms with Crippen LogP contribution in [-0.4, -0.2) is 46.7 Å². The first-order chi connectivity index (χ1) is 11.9. The summed E-state index contributed by atoms with van der Waals surface area (Å²) in [5.41, 5.74) is 0.946. The van der Waals surface area contributed by atoms with Crippen molar-refractivity contribution in [2.45, 2.75) is 50.2 Å². The lowest BCUT2D eigenvalue weighted by Gasteiger charge is -2.17. The number of hydrogen-bond acceptors (Lipinski definition) is 4. The van der Waals surface area contributed by atoms with Gasteiger partial charge in [0.15, 0.2) is 5.96 Å². The standard InChI is InChI=1S/C17H28N4O3S.HI/c1-4-18-17(20-13(2)12-24-3)19-11-14-5-9-16(10-6-14)25(22,23)21-15-7-8-15;/h5-6,9-10,13,15,21H,4,7-8,11-12H2,1-3H3,(H2,18,19,20);1H. The Morgan fingerprint density at radius 2 is 1.96 bits per heavy atom. The molecule has 148 valence electrons. The minimum Gasteiger partial charge on any atom is -0.383 e. The smallest absolute Gasteiger partial charge is 0.240 e. The molecule has 0 amide bonds. The van der Waals surface area contributed by atoms with Gasteiger partial charge in [0.2, 0.25) is 10.0 Å². The summed E-state index contributed by atoms with van der Waals surface area (Å²) in [5, 5.41) is 6.45. The first-order valence-corrected chi connectivity index (χ1v) is 10.1. The van der Waals surface area contributed by atoms with Crippen LogP contribution < -0.4 is 15.4 Å². The van der Waals surface area contributed by atoms with Crippen LogP contribution in [0.15, 0.2) is 34.2 Å². The second kappa shape index (κ2) is 11.1. The topological polar surface area (TPSA) is 91.8 Å². The van der Waals surface area contributed by atoms with E-state index in [1.54, 1.807) is 31.4 Å². The van der Waals surface area contributed by atoms with E-state index in [0.29, 0.717) is 24.0 Å². The van der Waals surface area contributed by atoms with E-state index >= 15 is 0 Å². The van der Waals surface area contributed by atoms with Crippen molar-refractivity contribution in [3.63, 3.8) is 0 Å². The van der Waals surface area contributed by atoms with Gasteiger partial charge in [-0.05, 0) is 44.4 Å². The number of nitrogens with zero attached hydrogens (tertiary/aromatic N) is 1. The minimum atomic E-state index is -3.40. The molecule has 1 fully saturated rings. The Morgan fingerprint density at radius 1 is 1.31 bits per heavy atom. The second-order valence-electron chi connectivity index (χ2n) is 6.24. The molecule has 1 saturated carbocycles. The quantitative estimate of drug-likeness (QED) is 0.276. The molecule has 0 spiro atoms. The van der Waals surface area contributed by atoms with E-state index in [1.807, 2.05) is 13.8 Å². The summed E-state index contributed by atoms with van der Waals surface area (Å²) in [6.07, 6.45) is 1.85. The zero-order valence-corrected chi connectivity index (χ0v) is 18.6. The molecule has 1 aliphatic rings. The largest absolute Gasteiger partial charge is 0.383 e. The van der Waals surface area contributed by atoms with E-state index in [0.717, 1.165) is 24.9 Å². The van der Waals surface area contributed by atoms with Crippen molar-refractivity contribution in [3.05, 3.63) is 29.8 Å². The predicted octanol–water partition coefficient (Wildman–Crippen LogP) is 1.84. The summed E-state index contributed by atoms with van der Waals surface area (Å²) in [7, 11) is -1.74. The van der Waals surface area contributed by atoms with Crippen LogP contribution in [0.3, 0.4) is 0 Å². The highest BCUT2D eigenvalue weighted by molar-refractivity contribution is 14.0. The second-order valence-corrected chi connectivity index (χ2v) is 7.95. The molecule has 3 N–H and O–H groups in total. The van der Waals surface area contributed by atoms with Crippen LogP contribution in [0, 0.1) is 0 Å². The highest BCUT2D eigenvalue weighted by Gasteiger charge is 2.27. The van der Waals surface area contributed by atoms with Crippen molar-refractivity contribution in [2.24, 2.45) is 4.99 Å². The van der Waals surface area contributed by atoms with Gasteiger partial charge < -0.3 is 15.4 Å². The lowest BCUT2D eigenvalue weighted by molar-refractivity contribution is 0.179. The average molecular weight is 496 g/mol. The van der Waals surface area contributed by atoms with E-state index in [-0.39, 0.29) is 36.1 Å². The third kappa shape index (κ3) is 7.77. The maximum absolute atomic E-state index is 12.2. The molecule has 9 heteroatoms. The Labute approximate surface area is 173 Å². The molecule has 0 radical (unpaired) electrons.